The second-order valence-corrected chi connectivity index (χ2v) is 10.4. The maximum atomic E-state index is 13.0. The number of benzene rings is 1. The van der Waals surface area contributed by atoms with Gasteiger partial charge < -0.3 is 4.90 Å². The SMILES string of the molecule is CC(C)CN(C(=O)Cn1nc(-c2ccc(Cl)cc2)ccc1=O)C1CCS(=O)(=O)C1. The molecule has 1 amide bonds. The van der Waals surface area contributed by atoms with Gasteiger partial charge in [0.15, 0.2) is 9.84 Å². The Bertz CT molecular complexity index is 1050. The van der Waals surface area contributed by atoms with Gasteiger partial charge in [0.2, 0.25) is 5.91 Å². The zero-order chi connectivity index (χ0) is 21.2. The third-order valence-electron chi connectivity index (χ3n) is 4.82. The van der Waals surface area contributed by atoms with E-state index in [1.54, 1.807) is 35.2 Å². The molecule has 1 atom stereocenters. The average molecular weight is 438 g/mol. The number of halogens is 1. The van der Waals surface area contributed by atoms with Gasteiger partial charge in [0.05, 0.1) is 17.2 Å². The van der Waals surface area contributed by atoms with Crippen LogP contribution in [0.25, 0.3) is 11.3 Å². The van der Waals surface area contributed by atoms with Crippen LogP contribution in [0, 0.1) is 5.92 Å². The second-order valence-electron chi connectivity index (χ2n) is 7.72. The summed E-state index contributed by atoms with van der Waals surface area (Å²) in [7, 11) is -3.13. The van der Waals surface area contributed by atoms with Crippen LogP contribution >= 0.6 is 11.6 Å². The summed E-state index contributed by atoms with van der Waals surface area (Å²) in [5.41, 5.74) is 0.934. The predicted octanol–water partition coefficient (Wildman–Crippen LogP) is 2.24. The van der Waals surface area contributed by atoms with Crippen molar-refractivity contribution in [3.8, 4) is 11.3 Å². The first-order valence-electron chi connectivity index (χ1n) is 9.48. The highest BCUT2D eigenvalue weighted by Gasteiger charge is 2.35. The molecule has 29 heavy (non-hydrogen) atoms. The van der Waals surface area contributed by atoms with Crippen LogP contribution in [0.4, 0.5) is 0 Å². The fraction of sp³-hybridized carbons (Fsp3) is 0.450. The van der Waals surface area contributed by atoms with Crippen LogP contribution in [0.1, 0.15) is 20.3 Å². The Morgan fingerprint density at radius 2 is 1.93 bits per heavy atom. The summed E-state index contributed by atoms with van der Waals surface area (Å²) in [6.45, 7) is 4.14. The van der Waals surface area contributed by atoms with E-state index in [-0.39, 0.29) is 41.5 Å². The Hall–Kier alpha value is -2.19. The van der Waals surface area contributed by atoms with Crippen molar-refractivity contribution >= 4 is 27.3 Å². The van der Waals surface area contributed by atoms with Crippen molar-refractivity contribution in [2.24, 2.45) is 5.92 Å². The molecule has 9 heteroatoms. The number of hydrogen-bond acceptors (Lipinski definition) is 5. The predicted molar refractivity (Wildman–Crippen MR) is 113 cm³/mol. The number of carbonyl (C=O) groups excluding carboxylic acids is 1. The van der Waals surface area contributed by atoms with Gasteiger partial charge in [-0.3, -0.25) is 9.59 Å². The van der Waals surface area contributed by atoms with E-state index >= 15 is 0 Å². The van der Waals surface area contributed by atoms with E-state index in [0.29, 0.717) is 23.7 Å². The molecule has 1 aliphatic heterocycles. The minimum atomic E-state index is -3.13. The molecule has 0 radical (unpaired) electrons. The molecule has 156 valence electrons. The van der Waals surface area contributed by atoms with Gasteiger partial charge in [-0.05, 0) is 30.5 Å². The van der Waals surface area contributed by atoms with E-state index in [0.717, 1.165) is 10.2 Å². The topological polar surface area (TPSA) is 89.3 Å². The number of nitrogens with zero attached hydrogens (tertiary/aromatic N) is 3. The van der Waals surface area contributed by atoms with Crippen LogP contribution < -0.4 is 5.56 Å². The maximum absolute atomic E-state index is 13.0. The molecule has 1 saturated heterocycles. The summed E-state index contributed by atoms with van der Waals surface area (Å²) in [5, 5.41) is 4.92. The summed E-state index contributed by atoms with van der Waals surface area (Å²) in [6.07, 6.45) is 0.425. The van der Waals surface area contributed by atoms with Crippen molar-refractivity contribution < 1.29 is 13.2 Å². The minimum absolute atomic E-state index is 0.0292. The molecule has 7 nitrogen and oxygen atoms in total. The lowest BCUT2D eigenvalue weighted by molar-refractivity contribution is -0.134. The summed E-state index contributed by atoms with van der Waals surface area (Å²) in [5.74, 6) is -0.0708. The highest BCUT2D eigenvalue weighted by atomic mass is 35.5. The minimum Gasteiger partial charge on any atom is -0.337 e. The molecule has 0 aliphatic carbocycles. The number of sulfone groups is 1. The lowest BCUT2D eigenvalue weighted by Gasteiger charge is -2.30. The maximum Gasteiger partial charge on any atom is 0.267 e. The van der Waals surface area contributed by atoms with Crippen molar-refractivity contribution in [1.29, 1.82) is 0 Å². The van der Waals surface area contributed by atoms with Gasteiger partial charge in [0.25, 0.3) is 5.56 Å². The lowest BCUT2D eigenvalue weighted by Crippen LogP contribution is -2.46. The lowest BCUT2D eigenvalue weighted by atomic mass is 10.1. The Balaban J connectivity index is 1.84. The molecule has 0 bridgehead atoms. The van der Waals surface area contributed by atoms with Crippen molar-refractivity contribution in [3.63, 3.8) is 0 Å². The van der Waals surface area contributed by atoms with E-state index < -0.39 is 9.84 Å². The van der Waals surface area contributed by atoms with Gasteiger partial charge in [-0.25, -0.2) is 13.1 Å². The van der Waals surface area contributed by atoms with Crippen molar-refractivity contribution in [3.05, 3.63) is 51.8 Å². The zero-order valence-corrected chi connectivity index (χ0v) is 18.0. The van der Waals surface area contributed by atoms with Gasteiger partial charge in [-0.1, -0.05) is 37.6 Å². The molecule has 2 heterocycles. The Morgan fingerprint density at radius 3 is 2.52 bits per heavy atom. The molecule has 3 rings (SSSR count). The fourth-order valence-corrected chi connectivity index (χ4v) is 5.28. The summed E-state index contributed by atoms with van der Waals surface area (Å²) >= 11 is 5.91. The Labute approximate surface area is 175 Å². The normalized spacial score (nSPS) is 18.1. The molecule has 1 aromatic carbocycles. The van der Waals surface area contributed by atoms with Crippen LogP contribution in [0.3, 0.4) is 0 Å². The van der Waals surface area contributed by atoms with Gasteiger partial charge in [0, 0.05) is 29.2 Å². The van der Waals surface area contributed by atoms with Crippen molar-refractivity contribution in [2.45, 2.75) is 32.9 Å². The Morgan fingerprint density at radius 1 is 1.24 bits per heavy atom. The Kier molecular flexibility index (Phi) is 6.43. The van der Waals surface area contributed by atoms with Gasteiger partial charge in [0.1, 0.15) is 6.54 Å². The molecule has 0 saturated carbocycles. The molecule has 0 N–H and O–H groups in total. The summed E-state index contributed by atoms with van der Waals surface area (Å²) in [6, 6.07) is 9.64. The van der Waals surface area contributed by atoms with Crippen molar-refractivity contribution in [1.82, 2.24) is 14.7 Å². The first-order valence-corrected chi connectivity index (χ1v) is 11.7. The molecule has 1 aliphatic rings. The van der Waals surface area contributed by atoms with Crippen LogP contribution in [-0.2, 0) is 21.2 Å². The van der Waals surface area contributed by atoms with E-state index in [1.165, 1.54) is 6.07 Å². The van der Waals surface area contributed by atoms with Gasteiger partial charge in [-0.15, -0.1) is 0 Å². The quantitative estimate of drug-likeness (QED) is 0.691. The summed E-state index contributed by atoms with van der Waals surface area (Å²) < 4.78 is 24.9. The van der Waals surface area contributed by atoms with Gasteiger partial charge in [-0.2, -0.15) is 5.10 Å². The van der Waals surface area contributed by atoms with Crippen molar-refractivity contribution in [2.75, 3.05) is 18.1 Å². The van der Waals surface area contributed by atoms with E-state index in [2.05, 4.69) is 5.10 Å². The molecule has 1 aromatic heterocycles. The highest BCUT2D eigenvalue weighted by molar-refractivity contribution is 7.91. The molecule has 0 spiro atoms. The van der Waals surface area contributed by atoms with Crippen LogP contribution in [0.5, 0.6) is 0 Å². The number of hydrogen-bond donors (Lipinski definition) is 0. The van der Waals surface area contributed by atoms with Crippen LogP contribution in [0.15, 0.2) is 41.2 Å². The number of carbonyl (C=O) groups is 1. The summed E-state index contributed by atoms with van der Waals surface area (Å²) in [4.78, 5) is 26.9. The van der Waals surface area contributed by atoms with Gasteiger partial charge >= 0.3 is 0 Å². The molecular weight excluding hydrogens is 414 g/mol. The average Bonchev–Trinajstić information content (AvgIpc) is 3.01. The molecular formula is C20H24ClN3O4S. The fourth-order valence-electron chi connectivity index (χ4n) is 3.42. The largest absolute Gasteiger partial charge is 0.337 e. The van der Waals surface area contributed by atoms with Crippen LogP contribution in [0.2, 0.25) is 5.02 Å². The molecule has 1 fully saturated rings. The monoisotopic (exact) mass is 437 g/mol. The third-order valence-corrected chi connectivity index (χ3v) is 6.83. The second kappa shape index (κ2) is 8.67. The smallest absolute Gasteiger partial charge is 0.267 e. The van der Waals surface area contributed by atoms with Crippen LogP contribution in [-0.4, -0.2) is 53.1 Å². The number of amides is 1. The first kappa shape index (κ1) is 21.5. The van der Waals surface area contributed by atoms with E-state index in [9.17, 15) is 18.0 Å². The zero-order valence-electron chi connectivity index (χ0n) is 16.4. The standard InChI is InChI=1S/C20H24ClN3O4S/c1-14(2)11-23(17-9-10-29(27,28)13-17)20(26)12-24-19(25)8-7-18(22-24)15-3-5-16(21)6-4-15/h3-8,14,17H,9-13H2,1-2H3. The third kappa shape index (κ3) is 5.45. The van der Waals surface area contributed by atoms with E-state index in [4.69, 9.17) is 11.6 Å². The first-order chi connectivity index (χ1) is 13.6. The molecule has 1 unspecified atom stereocenters. The number of aromatic nitrogens is 2. The molecule has 2 aromatic rings. The highest BCUT2D eigenvalue weighted by Crippen LogP contribution is 2.20. The van der Waals surface area contributed by atoms with E-state index in [1.807, 2.05) is 13.8 Å². The number of rotatable bonds is 6.